The minimum absolute atomic E-state index is 0.729. The molecule has 0 spiro atoms. The van der Waals surface area contributed by atoms with Crippen molar-refractivity contribution in [2.75, 3.05) is 40.3 Å². The highest BCUT2D eigenvalue weighted by Gasteiger charge is 2.14. The van der Waals surface area contributed by atoms with Crippen molar-refractivity contribution < 1.29 is 0 Å². The molecule has 2 rings (SSSR count). The van der Waals surface area contributed by atoms with Crippen LogP contribution in [0.3, 0.4) is 0 Å². The van der Waals surface area contributed by atoms with Gasteiger partial charge in [-0.15, -0.1) is 0 Å². The van der Waals surface area contributed by atoms with E-state index in [1.54, 1.807) is 0 Å². The Labute approximate surface area is 147 Å². The Hall–Kier alpha value is -1.55. The number of rotatable bonds is 7. The van der Waals surface area contributed by atoms with Crippen LogP contribution in [0.1, 0.15) is 38.2 Å². The van der Waals surface area contributed by atoms with Gasteiger partial charge in [-0.1, -0.05) is 37.3 Å². The van der Waals surface area contributed by atoms with Crippen LogP contribution >= 0.6 is 0 Å². The first-order valence-corrected chi connectivity index (χ1v) is 9.37. The predicted molar refractivity (Wildman–Crippen MR) is 103 cm³/mol. The van der Waals surface area contributed by atoms with Crippen molar-refractivity contribution in [2.24, 2.45) is 10.9 Å². The van der Waals surface area contributed by atoms with Crippen LogP contribution in [0, 0.1) is 5.92 Å². The standard InChI is InChI=1S/C20H34N4/c1-18-11-15-24(16-12-18)14-8-7-13-21-20(23(2)3)22-17-19-9-5-4-6-10-19/h4-6,9-10,18H,7-8,11-17H2,1-3H3,(H,21,22). The fraction of sp³-hybridized carbons (Fsp3) is 0.650. The molecule has 1 saturated heterocycles. The SMILES string of the molecule is CC1CCN(CCCCNC(=NCc2ccccc2)N(C)C)CC1. The molecule has 134 valence electrons. The number of benzene rings is 1. The maximum absolute atomic E-state index is 4.71. The van der Waals surface area contributed by atoms with Gasteiger partial charge in [0.1, 0.15) is 0 Å². The van der Waals surface area contributed by atoms with Crippen LogP contribution in [0.25, 0.3) is 0 Å². The summed E-state index contributed by atoms with van der Waals surface area (Å²) in [4.78, 5) is 9.40. The maximum atomic E-state index is 4.71. The Morgan fingerprint density at radius 3 is 2.54 bits per heavy atom. The normalized spacial score (nSPS) is 17.0. The number of unbranched alkanes of at least 4 members (excludes halogenated alkanes) is 1. The lowest BCUT2D eigenvalue weighted by Crippen LogP contribution is -2.37. The summed E-state index contributed by atoms with van der Waals surface area (Å²) in [6.45, 7) is 7.92. The van der Waals surface area contributed by atoms with Crippen LogP contribution in [-0.2, 0) is 6.54 Å². The highest BCUT2D eigenvalue weighted by Crippen LogP contribution is 2.16. The number of hydrogen-bond acceptors (Lipinski definition) is 2. The second-order valence-electron chi connectivity index (χ2n) is 7.18. The zero-order valence-corrected chi connectivity index (χ0v) is 15.7. The maximum Gasteiger partial charge on any atom is 0.193 e. The Morgan fingerprint density at radius 2 is 1.88 bits per heavy atom. The molecule has 1 N–H and O–H groups in total. The monoisotopic (exact) mass is 330 g/mol. The average molecular weight is 331 g/mol. The van der Waals surface area contributed by atoms with E-state index in [0.29, 0.717) is 0 Å². The molecule has 0 aliphatic carbocycles. The summed E-state index contributed by atoms with van der Waals surface area (Å²) in [6, 6.07) is 10.4. The quantitative estimate of drug-likeness (QED) is 0.473. The van der Waals surface area contributed by atoms with E-state index < -0.39 is 0 Å². The van der Waals surface area contributed by atoms with Crippen LogP contribution in [0.15, 0.2) is 35.3 Å². The van der Waals surface area contributed by atoms with E-state index >= 15 is 0 Å². The summed E-state index contributed by atoms with van der Waals surface area (Å²) >= 11 is 0. The van der Waals surface area contributed by atoms with E-state index in [9.17, 15) is 0 Å². The van der Waals surface area contributed by atoms with E-state index in [-0.39, 0.29) is 0 Å². The molecule has 1 aliphatic rings. The van der Waals surface area contributed by atoms with Gasteiger partial charge in [0.25, 0.3) is 0 Å². The highest BCUT2D eigenvalue weighted by molar-refractivity contribution is 5.79. The third kappa shape index (κ3) is 6.91. The molecule has 4 heteroatoms. The summed E-state index contributed by atoms with van der Waals surface area (Å²) in [7, 11) is 4.09. The van der Waals surface area contributed by atoms with Crippen molar-refractivity contribution in [2.45, 2.75) is 39.2 Å². The summed E-state index contributed by atoms with van der Waals surface area (Å²) in [5.74, 6) is 1.90. The first-order chi connectivity index (χ1) is 11.6. The molecule has 1 heterocycles. The van der Waals surface area contributed by atoms with E-state index in [1.807, 2.05) is 20.2 Å². The predicted octanol–water partition coefficient (Wildman–Crippen LogP) is 3.21. The van der Waals surface area contributed by atoms with Crippen molar-refractivity contribution in [1.29, 1.82) is 0 Å². The molecule has 1 fully saturated rings. The number of nitrogens with one attached hydrogen (secondary N) is 1. The molecule has 0 aromatic heterocycles. The lowest BCUT2D eigenvalue weighted by Gasteiger charge is -2.30. The number of aliphatic imine (C=N–C) groups is 1. The van der Waals surface area contributed by atoms with Gasteiger partial charge in [0, 0.05) is 20.6 Å². The Kier molecular flexibility index (Phi) is 8.10. The molecule has 0 atom stereocenters. The van der Waals surface area contributed by atoms with Gasteiger partial charge in [0.05, 0.1) is 6.54 Å². The van der Waals surface area contributed by atoms with Gasteiger partial charge in [-0.3, -0.25) is 0 Å². The minimum atomic E-state index is 0.729. The van der Waals surface area contributed by atoms with E-state index in [1.165, 1.54) is 50.9 Å². The first-order valence-electron chi connectivity index (χ1n) is 9.37. The first kappa shape index (κ1) is 18.8. The molecule has 0 amide bonds. The number of hydrogen-bond donors (Lipinski definition) is 1. The third-order valence-electron chi connectivity index (χ3n) is 4.74. The van der Waals surface area contributed by atoms with E-state index in [0.717, 1.165) is 25.0 Å². The van der Waals surface area contributed by atoms with Crippen LogP contribution in [-0.4, -0.2) is 56.0 Å². The molecular weight excluding hydrogens is 296 g/mol. The number of likely N-dealkylation sites (tertiary alicyclic amines) is 1. The fourth-order valence-electron chi connectivity index (χ4n) is 3.05. The molecule has 0 radical (unpaired) electrons. The molecule has 1 aromatic carbocycles. The average Bonchev–Trinajstić information content (AvgIpc) is 2.59. The van der Waals surface area contributed by atoms with Crippen molar-refractivity contribution in [3.05, 3.63) is 35.9 Å². The smallest absolute Gasteiger partial charge is 0.193 e. The van der Waals surface area contributed by atoms with Crippen LogP contribution in [0.4, 0.5) is 0 Å². The summed E-state index contributed by atoms with van der Waals surface area (Å²) in [5.41, 5.74) is 1.25. The number of piperidine rings is 1. The Balaban J connectivity index is 1.64. The van der Waals surface area contributed by atoms with E-state index in [4.69, 9.17) is 4.99 Å². The van der Waals surface area contributed by atoms with Crippen molar-refractivity contribution in [1.82, 2.24) is 15.1 Å². The largest absolute Gasteiger partial charge is 0.356 e. The summed E-state index contributed by atoms with van der Waals surface area (Å²) in [5, 5.41) is 3.49. The lowest BCUT2D eigenvalue weighted by atomic mass is 9.99. The second kappa shape index (κ2) is 10.3. The van der Waals surface area contributed by atoms with Gasteiger partial charge in [-0.25, -0.2) is 4.99 Å². The molecule has 0 unspecified atom stereocenters. The lowest BCUT2D eigenvalue weighted by molar-refractivity contribution is 0.189. The zero-order valence-electron chi connectivity index (χ0n) is 15.7. The van der Waals surface area contributed by atoms with E-state index in [2.05, 4.69) is 46.3 Å². The molecule has 4 nitrogen and oxygen atoms in total. The topological polar surface area (TPSA) is 30.9 Å². The summed E-state index contributed by atoms with van der Waals surface area (Å²) in [6.07, 6.45) is 5.20. The number of guanidine groups is 1. The van der Waals surface area contributed by atoms with Crippen LogP contribution in [0.5, 0.6) is 0 Å². The van der Waals surface area contributed by atoms with Gasteiger partial charge >= 0.3 is 0 Å². The molecule has 1 aliphatic heterocycles. The van der Waals surface area contributed by atoms with Gasteiger partial charge < -0.3 is 15.1 Å². The van der Waals surface area contributed by atoms with Crippen molar-refractivity contribution in [3.8, 4) is 0 Å². The minimum Gasteiger partial charge on any atom is -0.356 e. The molecule has 0 saturated carbocycles. The zero-order chi connectivity index (χ0) is 17.2. The van der Waals surface area contributed by atoms with Crippen molar-refractivity contribution >= 4 is 5.96 Å². The van der Waals surface area contributed by atoms with Gasteiger partial charge in [0.15, 0.2) is 5.96 Å². The summed E-state index contributed by atoms with van der Waals surface area (Å²) < 4.78 is 0. The molecule has 24 heavy (non-hydrogen) atoms. The molecular formula is C20H34N4. The third-order valence-corrected chi connectivity index (χ3v) is 4.74. The van der Waals surface area contributed by atoms with Crippen LogP contribution in [0.2, 0.25) is 0 Å². The highest BCUT2D eigenvalue weighted by atomic mass is 15.3. The van der Waals surface area contributed by atoms with Gasteiger partial charge in [0.2, 0.25) is 0 Å². The number of nitrogens with zero attached hydrogens (tertiary/aromatic N) is 3. The molecule has 1 aromatic rings. The molecule has 0 bridgehead atoms. The second-order valence-corrected chi connectivity index (χ2v) is 7.18. The fourth-order valence-corrected chi connectivity index (χ4v) is 3.05. The van der Waals surface area contributed by atoms with Gasteiger partial charge in [-0.05, 0) is 56.8 Å². The van der Waals surface area contributed by atoms with Crippen molar-refractivity contribution in [3.63, 3.8) is 0 Å². The van der Waals surface area contributed by atoms with Gasteiger partial charge in [-0.2, -0.15) is 0 Å². The van der Waals surface area contributed by atoms with Crippen LogP contribution < -0.4 is 5.32 Å². The Morgan fingerprint density at radius 1 is 1.17 bits per heavy atom. The Bertz CT molecular complexity index is 476.